The Morgan fingerprint density at radius 3 is 2.71 bits per heavy atom. The van der Waals surface area contributed by atoms with Crippen LogP contribution in [0.4, 0.5) is 5.69 Å². The second-order valence-corrected chi connectivity index (χ2v) is 3.66. The first-order chi connectivity index (χ1) is 6.56. The van der Waals surface area contributed by atoms with Gasteiger partial charge in [-0.2, -0.15) is 0 Å². The summed E-state index contributed by atoms with van der Waals surface area (Å²) in [5.74, 6) is 0.987. The van der Waals surface area contributed by atoms with Crippen molar-refractivity contribution in [3.05, 3.63) is 56.9 Å². The van der Waals surface area contributed by atoms with Crippen LogP contribution in [0, 0.1) is 16.0 Å². The molecule has 0 spiro atoms. The molecule has 0 saturated heterocycles. The number of halogens is 1. The fourth-order valence-electron chi connectivity index (χ4n) is 1.02. The number of nitro benzene ring substituents is 1. The number of hydrogen-bond donors (Lipinski definition) is 0. The quantitative estimate of drug-likeness (QED) is 0.612. The van der Waals surface area contributed by atoms with E-state index in [-0.39, 0.29) is 5.69 Å². The van der Waals surface area contributed by atoms with Gasteiger partial charge in [0.1, 0.15) is 0 Å². The summed E-state index contributed by atoms with van der Waals surface area (Å²) in [5, 5.41) is 10.5. The molecule has 0 atom stereocenters. The topological polar surface area (TPSA) is 43.1 Å². The van der Waals surface area contributed by atoms with Gasteiger partial charge in [0.15, 0.2) is 0 Å². The van der Waals surface area contributed by atoms with Crippen molar-refractivity contribution in [3.63, 3.8) is 0 Å². The minimum atomic E-state index is -0.420. The maximum absolute atomic E-state index is 10.5. The second-order valence-electron chi connectivity index (χ2n) is 2.81. The van der Waals surface area contributed by atoms with E-state index < -0.39 is 4.92 Å². The van der Waals surface area contributed by atoms with Gasteiger partial charge in [-0.05, 0) is 27.6 Å². The van der Waals surface area contributed by atoms with Crippen LogP contribution in [0.25, 0.3) is 0 Å². The standard InChI is InChI=1S/C10H9BrNO2/c1-3-7(2)8-4-5-10(12(13)14)9(11)6-8/h3-6H,1H2,2H3. The Hall–Kier alpha value is -1.16. The van der Waals surface area contributed by atoms with E-state index in [0.29, 0.717) is 4.47 Å². The van der Waals surface area contributed by atoms with Crippen LogP contribution in [-0.4, -0.2) is 4.92 Å². The third-order valence-electron chi connectivity index (χ3n) is 1.91. The first-order valence-corrected chi connectivity index (χ1v) is 4.76. The van der Waals surface area contributed by atoms with Gasteiger partial charge in [-0.25, -0.2) is 0 Å². The van der Waals surface area contributed by atoms with Crippen molar-refractivity contribution < 1.29 is 4.92 Å². The third kappa shape index (κ3) is 2.20. The summed E-state index contributed by atoms with van der Waals surface area (Å²) in [5.41, 5.74) is 1.00. The highest BCUT2D eigenvalue weighted by Crippen LogP contribution is 2.28. The lowest BCUT2D eigenvalue weighted by molar-refractivity contribution is -0.385. The molecule has 0 aliphatic rings. The average Bonchev–Trinajstić information content (AvgIpc) is 2.15. The Kier molecular flexibility index (Phi) is 3.41. The number of hydrogen-bond acceptors (Lipinski definition) is 2. The molecule has 3 nitrogen and oxygen atoms in total. The minimum absolute atomic E-state index is 0.0746. The van der Waals surface area contributed by atoms with E-state index in [1.807, 2.05) is 6.92 Å². The lowest BCUT2D eigenvalue weighted by Crippen LogP contribution is -1.93. The average molecular weight is 255 g/mol. The zero-order chi connectivity index (χ0) is 10.7. The molecular weight excluding hydrogens is 246 g/mol. The summed E-state index contributed by atoms with van der Waals surface area (Å²) in [6.07, 6.45) is 1.72. The molecule has 0 aliphatic heterocycles. The molecule has 0 N–H and O–H groups in total. The monoisotopic (exact) mass is 254 g/mol. The Morgan fingerprint density at radius 2 is 2.29 bits per heavy atom. The summed E-state index contributed by atoms with van der Waals surface area (Å²) in [4.78, 5) is 10.1. The zero-order valence-corrected chi connectivity index (χ0v) is 9.24. The van der Waals surface area contributed by atoms with Crippen molar-refractivity contribution >= 4 is 21.6 Å². The second kappa shape index (κ2) is 4.37. The molecule has 1 aromatic carbocycles. The van der Waals surface area contributed by atoms with Gasteiger partial charge in [-0.1, -0.05) is 19.1 Å². The van der Waals surface area contributed by atoms with E-state index in [2.05, 4.69) is 22.5 Å². The summed E-state index contributed by atoms with van der Waals surface area (Å²) >= 11 is 3.16. The Labute approximate surface area is 90.7 Å². The first-order valence-electron chi connectivity index (χ1n) is 3.96. The Morgan fingerprint density at radius 1 is 1.64 bits per heavy atom. The van der Waals surface area contributed by atoms with Crippen molar-refractivity contribution in [2.24, 2.45) is 0 Å². The fourth-order valence-corrected chi connectivity index (χ4v) is 1.54. The molecule has 1 rings (SSSR count). The molecule has 4 heteroatoms. The molecule has 0 aliphatic carbocycles. The number of nitro groups is 1. The van der Waals surface area contributed by atoms with E-state index >= 15 is 0 Å². The van der Waals surface area contributed by atoms with Gasteiger partial charge in [0.05, 0.1) is 9.40 Å². The summed E-state index contributed by atoms with van der Waals surface area (Å²) < 4.78 is 0.487. The molecule has 0 unspecified atom stereocenters. The van der Waals surface area contributed by atoms with Crippen molar-refractivity contribution in [1.29, 1.82) is 0 Å². The predicted octanol–water partition coefficient (Wildman–Crippen LogP) is 3.49. The van der Waals surface area contributed by atoms with E-state index in [1.54, 1.807) is 18.2 Å². The van der Waals surface area contributed by atoms with Crippen molar-refractivity contribution in [1.82, 2.24) is 0 Å². The molecule has 0 bridgehead atoms. The number of benzene rings is 1. The molecular formula is C10H9BrNO2. The highest BCUT2D eigenvalue weighted by molar-refractivity contribution is 9.10. The van der Waals surface area contributed by atoms with Crippen LogP contribution in [0.15, 0.2) is 35.3 Å². The van der Waals surface area contributed by atoms with Gasteiger partial charge in [0, 0.05) is 12.0 Å². The molecule has 0 fully saturated rings. The van der Waals surface area contributed by atoms with E-state index in [4.69, 9.17) is 0 Å². The smallest absolute Gasteiger partial charge is 0.258 e. The number of nitrogens with zero attached hydrogens (tertiary/aromatic N) is 1. The van der Waals surface area contributed by atoms with E-state index in [1.165, 1.54) is 6.07 Å². The number of rotatable bonds is 3. The molecule has 1 aromatic rings. The van der Waals surface area contributed by atoms with Crippen LogP contribution in [-0.2, 0) is 0 Å². The lowest BCUT2D eigenvalue weighted by atomic mass is 10.0. The van der Waals surface area contributed by atoms with Gasteiger partial charge >= 0.3 is 0 Å². The van der Waals surface area contributed by atoms with Crippen LogP contribution in [0.1, 0.15) is 12.5 Å². The maximum atomic E-state index is 10.5. The summed E-state index contributed by atoms with van der Waals surface area (Å²) in [6.45, 7) is 5.54. The number of allylic oxidation sites excluding steroid dienone is 1. The maximum Gasteiger partial charge on any atom is 0.283 e. The highest BCUT2D eigenvalue weighted by Gasteiger charge is 2.13. The minimum Gasteiger partial charge on any atom is -0.258 e. The highest BCUT2D eigenvalue weighted by atomic mass is 79.9. The van der Waals surface area contributed by atoms with E-state index in [9.17, 15) is 10.1 Å². The SMILES string of the molecule is C=C[C](C)c1ccc([N+](=O)[O-])c(Br)c1. The van der Waals surface area contributed by atoms with Gasteiger partial charge in [-0.15, -0.1) is 6.58 Å². The summed E-state index contributed by atoms with van der Waals surface area (Å²) in [7, 11) is 0. The largest absolute Gasteiger partial charge is 0.283 e. The molecule has 0 amide bonds. The molecule has 0 saturated carbocycles. The van der Waals surface area contributed by atoms with Gasteiger partial charge in [-0.3, -0.25) is 10.1 Å². The predicted molar refractivity (Wildman–Crippen MR) is 59.0 cm³/mol. The Bertz CT molecular complexity index is 376. The van der Waals surface area contributed by atoms with Crippen molar-refractivity contribution in [2.45, 2.75) is 6.92 Å². The first kappa shape index (κ1) is 10.9. The molecule has 0 heterocycles. The van der Waals surface area contributed by atoms with E-state index in [0.717, 1.165) is 11.5 Å². The van der Waals surface area contributed by atoms with Crippen molar-refractivity contribution in [3.8, 4) is 0 Å². The van der Waals surface area contributed by atoms with Crippen LogP contribution in [0.2, 0.25) is 0 Å². The van der Waals surface area contributed by atoms with Gasteiger partial charge in [0.2, 0.25) is 0 Å². The normalized spacial score (nSPS) is 10.2. The van der Waals surface area contributed by atoms with Crippen LogP contribution in [0.3, 0.4) is 0 Å². The molecule has 1 radical (unpaired) electrons. The lowest BCUT2D eigenvalue weighted by Gasteiger charge is -2.05. The zero-order valence-electron chi connectivity index (χ0n) is 7.66. The van der Waals surface area contributed by atoms with Gasteiger partial charge < -0.3 is 0 Å². The van der Waals surface area contributed by atoms with Crippen LogP contribution >= 0.6 is 15.9 Å². The molecule has 14 heavy (non-hydrogen) atoms. The molecule has 0 aromatic heterocycles. The van der Waals surface area contributed by atoms with Crippen LogP contribution in [0.5, 0.6) is 0 Å². The molecule has 73 valence electrons. The van der Waals surface area contributed by atoms with Crippen LogP contribution < -0.4 is 0 Å². The summed E-state index contributed by atoms with van der Waals surface area (Å²) in [6, 6.07) is 4.90. The third-order valence-corrected chi connectivity index (χ3v) is 2.54. The Balaban J connectivity index is 3.12. The van der Waals surface area contributed by atoms with Gasteiger partial charge in [0.25, 0.3) is 5.69 Å². The van der Waals surface area contributed by atoms with Crippen molar-refractivity contribution in [2.75, 3.05) is 0 Å². The fraction of sp³-hybridized carbons (Fsp3) is 0.100.